The van der Waals surface area contributed by atoms with E-state index in [2.05, 4.69) is 56.3 Å². The van der Waals surface area contributed by atoms with E-state index in [4.69, 9.17) is 5.26 Å². The van der Waals surface area contributed by atoms with Crippen LogP contribution in [-0.2, 0) is 0 Å². The van der Waals surface area contributed by atoms with Crippen LogP contribution in [-0.4, -0.2) is 19.0 Å². The summed E-state index contributed by atoms with van der Waals surface area (Å²) in [5, 5.41) is 8.62. The van der Waals surface area contributed by atoms with Gasteiger partial charge < -0.3 is 4.90 Å². The Bertz CT molecular complexity index is 333. The highest BCUT2D eigenvalue weighted by atomic mass is 15.1. The van der Waals surface area contributed by atoms with Crippen LogP contribution in [0, 0.1) is 18.3 Å². The van der Waals surface area contributed by atoms with Gasteiger partial charge >= 0.3 is 0 Å². The first-order valence-electron chi connectivity index (χ1n) is 5.25. The molecule has 2 heteroatoms. The molecule has 0 aliphatic rings. The molecule has 2 nitrogen and oxygen atoms in total. The molecular formula is C13H18N2. The van der Waals surface area contributed by atoms with Gasteiger partial charge in [0.25, 0.3) is 0 Å². The normalized spacial score (nSPS) is 12.5. The third-order valence-electron chi connectivity index (χ3n) is 2.62. The molecule has 1 atom stereocenters. The Kier molecular flexibility index (Phi) is 4.33. The van der Waals surface area contributed by atoms with E-state index in [1.807, 2.05) is 0 Å². The van der Waals surface area contributed by atoms with Crippen LogP contribution in [0.25, 0.3) is 0 Å². The Morgan fingerprint density at radius 2 is 1.87 bits per heavy atom. The zero-order valence-corrected chi connectivity index (χ0v) is 9.70. The van der Waals surface area contributed by atoms with Gasteiger partial charge in [0.15, 0.2) is 0 Å². The molecule has 0 aromatic heterocycles. The van der Waals surface area contributed by atoms with Gasteiger partial charge in [0.05, 0.1) is 6.07 Å². The van der Waals surface area contributed by atoms with Crippen molar-refractivity contribution in [1.29, 1.82) is 5.26 Å². The fourth-order valence-corrected chi connectivity index (χ4v) is 1.71. The minimum Gasteiger partial charge on any atom is -0.302 e. The smallest absolute Gasteiger partial charge is 0.0622 e. The van der Waals surface area contributed by atoms with Crippen LogP contribution in [0.4, 0.5) is 0 Å². The number of nitriles is 1. The average Bonchev–Trinajstić information content (AvgIpc) is 2.21. The molecular weight excluding hydrogens is 184 g/mol. The number of nitrogens with zero attached hydrogens (tertiary/aromatic N) is 2. The van der Waals surface area contributed by atoms with E-state index >= 15 is 0 Å². The van der Waals surface area contributed by atoms with E-state index in [1.165, 1.54) is 11.1 Å². The zero-order valence-electron chi connectivity index (χ0n) is 9.70. The maximum absolute atomic E-state index is 8.62. The zero-order chi connectivity index (χ0) is 11.3. The summed E-state index contributed by atoms with van der Waals surface area (Å²) >= 11 is 0. The van der Waals surface area contributed by atoms with Crippen molar-refractivity contribution >= 4 is 0 Å². The fraction of sp³-hybridized carbons (Fsp3) is 0.462. The Balaban J connectivity index is 2.80. The highest BCUT2D eigenvalue weighted by molar-refractivity contribution is 5.24. The summed E-state index contributed by atoms with van der Waals surface area (Å²) < 4.78 is 0. The average molecular weight is 202 g/mol. The summed E-state index contributed by atoms with van der Waals surface area (Å²) in [6, 6.07) is 11.1. The molecule has 0 saturated heterocycles. The van der Waals surface area contributed by atoms with E-state index in [1.54, 1.807) is 0 Å². The summed E-state index contributed by atoms with van der Waals surface area (Å²) in [6.07, 6.45) is 1.50. The number of aryl methyl sites for hydroxylation is 1. The molecule has 1 unspecified atom stereocenters. The molecule has 0 saturated carbocycles. The lowest BCUT2D eigenvalue weighted by Crippen LogP contribution is -2.19. The molecule has 0 aliphatic heterocycles. The van der Waals surface area contributed by atoms with E-state index in [9.17, 15) is 0 Å². The van der Waals surface area contributed by atoms with Crippen LogP contribution >= 0.6 is 0 Å². The van der Waals surface area contributed by atoms with Crippen molar-refractivity contribution in [1.82, 2.24) is 4.90 Å². The summed E-state index contributed by atoms with van der Waals surface area (Å²) in [6.45, 7) is 2.09. The standard InChI is InChI=1S/C13H18N2/c1-11-6-8-12(9-7-11)13(15(2)3)5-4-10-14/h6-9,13H,4-5H2,1-3H3. The van der Waals surface area contributed by atoms with Crippen molar-refractivity contribution in [3.8, 4) is 6.07 Å². The van der Waals surface area contributed by atoms with Gasteiger partial charge in [0, 0.05) is 12.5 Å². The Morgan fingerprint density at radius 3 is 2.33 bits per heavy atom. The summed E-state index contributed by atoms with van der Waals surface area (Å²) in [4.78, 5) is 2.17. The van der Waals surface area contributed by atoms with Gasteiger partial charge in [-0.05, 0) is 33.0 Å². The monoisotopic (exact) mass is 202 g/mol. The Morgan fingerprint density at radius 1 is 1.27 bits per heavy atom. The maximum atomic E-state index is 8.62. The fourth-order valence-electron chi connectivity index (χ4n) is 1.71. The predicted octanol–water partition coefficient (Wildman–Crippen LogP) is 2.90. The highest BCUT2D eigenvalue weighted by Crippen LogP contribution is 2.23. The summed E-state index contributed by atoms with van der Waals surface area (Å²) in [5.74, 6) is 0. The lowest BCUT2D eigenvalue weighted by atomic mass is 10.0. The van der Waals surface area contributed by atoms with Crippen molar-refractivity contribution in [2.24, 2.45) is 0 Å². The first-order chi connectivity index (χ1) is 7.15. The van der Waals surface area contributed by atoms with Gasteiger partial charge in [-0.2, -0.15) is 5.26 Å². The number of hydrogen-bond acceptors (Lipinski definition) is 2. The molecule has 15 heavy (non-hydrogen) atoms. The van der Waals surface area contributed by atoms with Crippen LogP contribution in [0.5, 0.6) is 0 Å². The van der Waals surface area contributed by atoms with Crippen LogP contribution in [0.3, 0.4) is 0 Å². The third-order valence-corrected chi connectivity index (χ3v) is 2.62. The van der Waals surface area contributed by atoms with Crippen molar-refractivity contribution in [3.05, 3.63) is 35.4 Å². The van der Waals surface area contributed by atoms with Crippen LogP contribution in [0.15, 0.2) is 24.3 Å². The molecule has 1 rings (SSSR count). The minimum atomic E-state index is 0.352. The molecule has 0 radical (unpaired) electrons. The number of benzene rings is 1. The predicted molar refractivity (Wildman–Crippen MR) is 62.5 cm³/mol. The van der Waals surface area contributed by atoms with Crippen LogP contribution in [0.1, 0.15) is 30.0 Å². The van der Waals surface area contributed by atoms with Crippen molar-refractivity contribution in [2.45, 2.75) is 25.8 Å². The second kappa shape index (κ2) is 5.53. The Hall–Kier alpha value is -1.33. The van der Waals surface area contributed by atoms with Gasteiger partial charge in [-0.25, -0.2) is 0 Å². The largest absolute Gasteiger partial charge is 0.302 e. The second-order valence-corrected chi connectivity index (χ2v) is 4.09. The maximum Gasteiger partial charge on any atom is 0.0622 e. The summed E-state index contributed by atoms with van der Waals surface area (Å²) in [7, 11) is 4.11. The topological polar surface area (TPSA) is 27.0 Å². The van der Waals surface area contributed by atoms with Crippen molar-refractivity contribution in [3.63, 3.8) is 0 Å². The first-order valence-corrected chi connectivity index (χ1v) is 5.25. The molecule has 80 valence electrons. The molecule has 1 aromatic rings. The van der Waals surface area contributed by atoms with Gasteiger partial charge in [-0.3, -0.25) is 0 Å². The quantitative estimate of drug-likeness (QED) is 0.750. The van der Waals surface area contributed by atoms with Gasteiger partial charge in [-0.1, -0.05) is 29.8 Å². The minimum absolute atomic E-state index is 0.352. The summed E-state index contributed by atoms with van der Waals surface area (Å²) in [5.41, 5.74) is 2.57. The second-order valence-electron chi connectivity index (χ2n) is 4.09. The lowest BCUT2D eigenvalue weighted by Gasteiger charge is -2.23. The van der Waals surface area contributed by atoms with Gasteiger partial charge in [0.2, 0.25) is 0 Å². The van der Waals surface area contributed by atoms with Crippen LogP contribution < -0.4 is 0 Å². The molecule has 0 N–H and O–H groups in total. The van der Waals surface area contributed by atoms with E-state index < -0.39 is 0 Å². The third kappa shape index (κ3) is 3.38. The van der Waals surface area contributed by atoms with E-state index in [0.717, 1.165) is 6.42 Å². The van der Waals surface area contributed by atoms with Crippen molar-refractivity contribution in [2.75, 3.05) is 14.1 Å². The number of hydrogen-bond donors (Lipinski definition) is 0. The molecule has 0 heterocycles. The van der Waals surface area contributed by atoms with Gasteiger partial charge in [0.1, 0.15) is 0 Å². The molecule has 0 aliphatic carbocycles. The van der Waals surface area contributed by atoms with Crippen LogP contribution in [0.2, 0.25) is 0 Å². The van der Waals surface area contributed by atoms with Crippen molar-refractivity contribution < 1.29 is 0 Å². The number of rotatable bonds is 4. The molecule has 0 spiro atoms. The van der Waals surface area contributed by atoms with E-state index in [-0.39, 0.29) is 0 Å². The molecule has 0 bridgehead atoms. The molecule has 0 fully saturated rings. The molecule has 0 amide bonds. The lowest BCUT2D eigenvalue weighted by molar-refractivity contribution is 0.286. The highest BCUT2D eigenvalue weighted by Gasteiger charge is 2.12. The first kappa shape index (κ1) is 11.7. The molecule has 1 aromatic carbocycles. The SMILES string of the molecule is Cc1ccc(C(CCC#N)N(C)C)cc1. The van der Waals surface area contributed by atoms with Gasteiger partial charge in [-0.15, -0.1) is 0 Å². The Labute approximate surface area is 92.1 Å². The van der Waals surface area contributed by atoms with E-state index in [0.29, 0.717) is 12.5 Å².